The number of hydrogen-bond acceptors (Lipinski definition) is 1. The van der Waals surface area contributed by atoms with Crippen molar-refractivity contribution in [3.63, 3.8) is 0 Å². The summed E-state index contributed by atoms with van der Waals surface area (Å²) < 4.78 is 10.2. The first kappa shape index (κ1) is 50.4. The Morgan fingerprint density at radius 2 is 0.523 bits per heavy atom. The second kappa shape index (κ2) is 21.5. The van der Waals surface area contributed by atoms with E-state index in [1.165, 1.54) is 49.9 Å². The van der Waals surface area contributed by atoms with Gasteiger partial charge >= 0.3 is 0 Å². The van der Waals surface area contributed by atoms with E-state index in [2.05, 4.69) is 338 Å². The van der Waals surface area contributed by atoms with Crippen LogP contribution in [0.3, 0.4) is 0 Å². The van der Waals surface area contributed by atoms with E-state index in [1.54, 1.807) is 0 Å². The number of fused-ring (bicyclic) bond motifs is 7. The van der Waals surface area contributed by atoms with E-state index in [-0.39, 0.29) is 0 Å². The minimum Gasteiger partial charge on any atom is -0.455 e. The summed E-state index contributed by atoms with van der Waals surface area (Å²) in [6, 6.07) is 121. The van der Waals surface area contributed by atoms with Crippen LogP contribution in [-0.4, -0.2) is 4.57 Å². The fraction of sp³-hybridized carbons (Fsp3) is 0. The lowest BCUT2D eigenvalue weighted by Crippen LogP contribution is -1.94. The third-order valence-electron chi connectivity index (χ3n) is 17.2. The highest BCUT2D eigenvalue weighted by atomic mass is 16.3. The van der Waals surface area contributed by atoms with E-state index in [0.717, 1.165) is 111 Å². The number of nitrogens with zero attached hydrogens (tertiary/aromatic N) is 1. The first-order chi connectivity index (χ1) is 42.7. The Morgan fingerprint density at radius 3 is 0.977 bits per heavy atom. The highest BCUT2D eigenvalue weighted by Gasteiger charge is 2.27. The topological polar surface area (TPSA) is 18.1 Å². The van der Waals surface area contributed by atoms with Gasteiger partial charge in [-0.1, -0.05) is 273 Å². The van der Waals surface area contributed by atoms with Gasteiger partial charge in [-0.3, -0.25) is 0 Å². The highest BCUT2D eigenvalue weighted by Crippen LogP contribution is 2.51. The molecule has 2 heteroatoms. The first-order valence-electron chi connectivity index (χ1n) is 29.6. The summed E-state index contributed by atoms with van der Waals surface area (Å²) >= 11 is 0. The van der Waals surface area contributed by atoms with Gasteiger partial charge in [0.15, 0.2) is 0 Å². The molecule has 16 rings (SSSR count). The van der Waals surface area contributed by atoms with Crippen LogP contribution in [0.5, 0.6) is 0 Å². The Labute approximate surface area is 500 Å². The standard InChI is InChI=1S/C84H55NO/c1-6-27-56(28-7-1)60-49-61(57-29-8-2-9-30-57)52-64(51-60)67-37-16-18-39-69(67)71-41-20-22-43-73(71)76-46-26-47-77-81-82-78(75-45-24-25-48-80(75)85(82)66-35-14-5-15-36-66)55-79(84(81)86-83(76)77)74-44-23-21-42-72(74)70-40-19-17-38-68(70)65-53-62(58-31-10-3-11-32-58)50-63(54-65)59-33-12-4-13-34-59/h1-55H. The normalized spacial score (nSPS) is 11.5. The number of rotatable bonds is 11. The summed E-state index contributed by atoms with van der Waals surface area (Å²) in [5.41, 5.74) is 27.8. The Kier molecular flexibility index (Phi) is 12.6. The van der Waals surface area contributed by atoms with E-state index < -0.39 is 0 Å². The fourth-order valence-electron chi connectivity index (χ4n) is 13.3. The van der Waals surface area contributed by atoms with Crippen molar-refractivity contribution < 1.29 is 4.42 Å². The highest BCUT2D eigenvalue weighted by molar-refractivity contribution is 6.29. The van der Waals surface area contributed by atoms with Crippen LogP contribution < -0.4 is 0 Å². The van der Waals surface area contributed by atoms with E-state index in [4.69, 9.17) is 4.42 Å². The van der Waals surface area contributed by atoms with Crippen LogP contribution in [0.25, 0.3) is 161 Å². The van der Waals surface area contributed by atoms with Gasteiger partial charge in [0.2, 0.25) is 0 Å². The molecule has 0 aliphatic rings. The number of benzene rings is 14. The fourth-order valence-corrected chi connectivity index (χ4v) is 13.3. The largest absolute Gasteiger partial charge is 0.455 e. The van der Waals surface area contributed by atoms with Crippen LogP contribution in [0.2, 0.25) is 0 Å². The number of para-hydroxylation sites is 3. The molecule has 14 aromatic carbocycles. The van der Waals surface area contributed by atoms with Crippen LogP contribution in [0.1, 0.15) is 0 Å². The summed E-state index contributed by atoms with van der Waals surface area (Å²) in [6.07, 6.45) is 0. The van der Waals surface area contributed by atoms with Crippen molar-refractivity contribution in [2.45, 2.75) is 0 Å². The molecule has 86 heavy (non-hydrogen) atoms. The van der Waals surface area contributed by atoms with Crippen molar-refractivity contribution in [2.24, 2.45) is 0 Å². The second-order valence-corrected chi connectivity index (χ2v) is 22.2. The van der Waals surface area contributed by atoms with Crippen molar-refractivity contribution in [3.05, 3.63) is 334 Å². The van der Waals surface area contributed by atoms with Gasteiger partial charge in [0.25, 0.3) is 0 Å². The average molecular weight is 1090 g/mol. The molecule has 2 aromatic heterocycles. The minimum absolute atomic E-state index is 0.839. The molecule has 0 unspecified atom stereocenters. The quantitative estimate of drug-likeness (QED) is 0.126. The van der Waals surface area contributed by atoms with E-state index in [9.17, 15) is 0 Å². The maximum Gasteiger partial charge on any atom is 0.145 e. The van der Waals surface area contributed by atoms with E-state index in [1.807, 2.05) is 0 Å². The zero-order chi connectivity index (χ0) is 56.9. The van der Waals surface area contributed by atoms with Crippen molar-refractivity contribution in [2.75, 3.05) is 0 Å². The van der Waals surface area contributed by atoms with Gasteiger partial charge in [-0.2, -0.15) is 0 Å². The molecule has 0 saturated heterocycles. The number of hydrogen-bond donors (Lipinski definition) is 0. The molecule has 402 valence electrons. The van der Waals surface area contributed by atoms with Crippen LogP contribution in [0.15, 0.2) is 338 Å². The van der Waals surface area contributed by atoms with E-state index in [0.29, 0.717) is 0 Å². The maximum atomic E-state index is 7.78. The van der Waals surface area contributed by atoms with Crippen LogP contribution in [-0.2, 0) is 0 Å². The summed E-state index contributed by atoms with van der Waals surface area (Å²) in [6.45, 7) is 0. The predicted octanol–water partition coefficient (Wildman–Crippen LogP) is 23.4. The number of furan rings is 1. The molecule has 0 amide bonds. The third kappa shape index (κ3) is 8.83. The Bertz CT molecular complexity index is 5080. The average Bonchev–Trinajstić information content (AvgIpc) is 1.66. The van der Waals surface area contributed by atoms with Gasteiger partial charge < -0.3 is 8.98 Å². The molecular weight excluding hydrogens is 1040 g/mol. The molecule has 0 aliphatic heterocycles. The molecule has 0 spiro atoms. The molecule has 0 radical (unpaired) electrons. The lowest BCUT2D eigenvalue weighted by Gasteiger charge is -2.17. The van der Waals surface area contributed by atoms with Crippen molar-refractivity contribution in [1.82, 2.24) is 4.57 Å². The lowest BCUT2D eigenvalue weighted by molar-refractivity contribution is 0.671. The maximum absolute atomic E-state index is 7.78. The van der Waals surface area contributed by atoms with Crippen molar-refractivity contribution in [3.8, 4) is 117 Å². The molecule has 0 fully saturated rings. The van der Waals surface area contributed by atoms with Crippen LogP contribution in [0.4, 0.5) is 0 Å². The molecule has 0 bridgehead atoms. The summed E-state index contributed by atoms with van der Waals surface area (Å²) in [5.74, 6) is 0. The monoisotopic (exact) mass is 1090 g/mol. The Hall–Kier alpha value is -11.3. The summed E-state index contributed by atoms with van der Waals surface area (Å²) in [5, 5.41) is 4.47. The van der Waals surface area contributed by atoms with Gasteiger partial charge in [0.05, 0.1) is 16.4 Å². The summed E-state index contributed by atoms with van der Waals surface area (Å²) in [7, 11) is 0. The molecular formula is C84H55NO. The zero-order valence-corrected chi connectivity index (χ0v) is 47.1. The third-order valence-corrected chi connectivity index (χ3v) is 17.2. The first-order valence-corrected chi connectivity index (χ1v) is 29.6. The SMILES string of the molecule is c1ccc(-c2cc(-c3ccccc3)cc(-c3ccccc3-c3ccccc3-c3cccc4c3oc3c(-c5ccccc5-c5ccccc5-c5cc(-c6ccccc6)cc(-c6ccccc6)c5)cc5c6ccccc6n(-c6ccccc6)c5c34)c2)cc1. The molecule has 2 nitrogen and oxygen atoms in total. The molecule has 2 heterocycles. The summed E-state index contributed by atoms with van der Waals surface area (Å²) in [4.78, 5) is 0. The smallest absolute Gasteiger partial charge is 0.145 e. The molecule has 0 atom stereocenters. The molecule has 0 saturated carbocycles. The van der Waals surface area contributed by atoms with Crippen LogP contribution >= 0.6 is 0 Å². The Balaban J connectivity index is 0.936. The van der Waals surface area contributed by atoms with Crippen molar-refractivity contribution >= 4 is 43.7 Å². The van der Waals surface area contributed by atoms with Gasteiger partial charge in [-0.15, -0.1) is 0 Å². The zero-order valence-electron chi connectivity index (χ0n) is 47.1. The van der Waals surface area contributed by atoms with E-state index >= 15 is 0 Å². The minimum atomic E-state index is 0.839. The lowest BCUT2D eigenvalue weighted by atomic mass is 9.86. The van der Waals surface area contributed by atoms with Gasteiger partial charge in [0.1, 0.15) is 11.2 Å². The van der Waals surface area contributed by atoms with Gasteiger partial charge in [-0.05, 0) is 161 Å². The second-order valence-electron chi connectivity index (χ2n) is 22.2. The van der Waals surface area contributed by atoms with Crippen molar-refractivity contribution in [1.29, 1.82) is 0 Å². The number of aromatic nitrogens is 1. The van der Waals surface area contributed by atoms with Crippen LogP contribution in [0, 0.1) is 0 Å². The Morgan fingerprint density at radius 1 is 0.198 bits per heavy atom. The predicted molar refractivity (Wildman–Crippen MR) is 362 cm³/mol. The molecule has 0 N–H and O–H groups in total. The molecule has 0 aliphatic carbocycles. The van der Waals surface area contributed by atoms with Gasteiger partial charge in [-0.25, -0.2) is 0 Å². The van der Waals surface area contributed by atoms with Gasteiger partial charge in [0, 0.05) is 33.0 Å². The molecule has 16 aromatic rings.